The zero-order chi connectivity index (χ0) is 9.42. The van der Waals surface area contributed by atoms with Gasteiger partial charge in [-0.05, 0) is 24.1 Å². The van der Waals surface area contributed by atoms with Crippen molar-refractivity contribution >= 4 is 28.9 Å². The zero-order valence-corrected chi connectivity index (χ0v) is 8.49. The van der Waals surface area contributed by atoms with Crippen molar-refractivity contribution in [2.75, 3.05) is 11.9 Å². The van der Waals surface area contributed by atoms with Crippen molar-refractivity contribution in [3.05, 3.63) is 27.7 Å². The molecule has 2 nitrogen and oxygen atoms in total. The molecule has 0 saturated heterocycles. The first kappa shape index (κ1) is 9.13. The van der Waals surface area contributed by atoms with Crippen molar-refractivity contribution in [2.24, 2.45) is 5.73 Å². The molecule has 1 atom stereocenters. The van der Waals surface area contributed by atoms with Crippen molar-refractivity contribution in [1.29, 1.82) is 0 Å². The van der Waals surface area contributed by atoms with Gasteiger partial charge >= 0.3 is 0 Å². The number of halogens is 2. The van der Waals surface area contributed by atoms with Crippen LogP contribution in [-0.4, -0.2) is 12.6 Å². The second-order valence-electron chi connectivity index (χ2n) is 3.27. The Morgan fingerprint density at radius 3 is 2.92 bits per heavy atom. The van der Waals surface area contributed by atoms with E-state index in [1.54, 1.807) is 6.07 Å². The van der Waals surface area contributed by atoms with Gasteiger partial charge in [0.15, 0.2) is 0 Å². The molecule has 0 saturated carbocycles. The van der Waals surface area contributed by atoms with Gasteiger partial charge in [0.2, 0.25) is 0 Å². The van der Waals surface area contributed by atoms with Crippen LogP contribution in [0, 0.1) is 0 Å². The summed E-state index contributed by atoms with van der Waals surface area (Å²) in [5.74, 6) is 0. The van der Waals surface area contributed by atoms with E-state index in [9.17, 15) is 0 Å². The molecule has 2 rings (SSSR count). The summed E-state index contributed by atoms with van der Waals surface area (Å²) >= 11 is 11.9. The van der Waals surface area contributed by atoms with Gasteiger partial charge in [0, 0.05) is 17.6 Å². The second-order valence-corrected chi connectivity index (χ2v) is 4.11. The predicted molar refractivity (Wildman–Crippen MR) is 56.6 cm³/mol. The number of fused-ring (bicyclic) bond motifs is 1. The lowest BCUT2D eigenvalue weighted by Gasteiger charge is -2.24. The lowest BCUT2D eigenvalue weighted by Crippen LogP contribution is -2.35. The molecule has 0 radical (unpaired) electrons. The first-order chi connectivity index (χ1) is 6.16. The number of rotatable bonds is 0. The molecule has 1 aromatic carbocycles. The summed E-state index contributed by atoms with van der Waals surface area (Å²) in [7, 11) is 0. The first-order valence-electron chi connectivity index (χ1n) is 4.14. The normalized spacial score (nSPS) is 20.7. The van der Waals surface area contributed by atoms with Crippen LogP contribution >= 0.6 is 23.2 Å². The Morgan fingerprint density at radius 1 is 1.38 bits per heavy atom. The zero-order valence-electron chi connectivity index (χ0n) is 6.98. The van der Waals surface area contributed by atoms with Crippen molar-refractivity contribution < 1.29 is 0 Å². The highest BCUT2D eigenvalue weighted by Crippen LogP contribution is 2.32. The van der Waals surface area contributed by atoms with Crippen LogP contribution in [-0.2, 0) is 6.42 Å². The van der Waals surface area contributed by atoms with E-state index in [1.165, 1.54) is 0 Å². The van der Waals surface area contributed by atoms with Crippen molar-refractivity contribution in [3.63, 3.8) is 0 Å². The van der Waals surface area contributed by atoms with E-state index in [0.29, 0.717) is 10.0 Å². The Kier molecular flexibility index (Phi) is 2.37. The lowest BCUT2D eigenvalue weighted by molar-refractivity contribution is 0.679. The van der Waals surface area contributed by atoms with Crippen molar-refractivity contribution in [1.82, 2.24) is 0 Å². The molecule has 1 aromatic rings. The van der Waals surface area contributed by atoms with Gasteiger partial charge in [0.1, 0.15) is 0 Å². The molecule has 1 aliphatic heterocycles. The van der Waals surface area contributed by atoms with Crippen LogP contribution in [0.3, 0.4) is 0 Å². The third-order valence-corrected chi connectivity index (χ3v) is 2.68. The Labute approximate surface area is 87.0 Å². The van der Waals surface area contributed by atoms with Crippen LogP contribution in [0.1, 0.15) is 5.56 Å². The molecule has 1 aliphatic rings. The van der Waals surface area contributed by atoms with Crippen molar-refractivity contribution in [3.8, 4) is 0 Å². The predicted octanol–water partition coefficient (Wildman–Crippen LogP) is 2.29. The fraction of sp³-hybridized carbons (Fsp3) is 0.333. The summed E-state index contributed by atoms with van der Waals surface area (Å²) in [6, 6.07) is 3.81. The topological polar surface area (TPSA) is 38.0 Å². The average Bonchev–Trinajstić information content (AvgIpc) is 2.02. The van der Waals surface area contributed by atoms with Gasteiger partial charge < -0.3 is 11.1 Å². The van der Waals surface area contributed by atoms with E-state index in [-0.39, 0.29) is 6.04 Å². The molecule has 0 aromatic heterocycles. The molecule has 70 valence electrons. The standard InChI is InChI=1S/C9H10Cl2N2/c10-6-1-5-2-7(12)4-13-9(5)8(11)3-6/h1,3,7,13H,2,4,12H2. The molecule has 0 aliphatic carbocycles. The fourth-order valence-electron chi connectivity index (χ4n) is 1.57. The summed E-state index contributed by atoms with van der Waals surface area (Å²) in [6.07, 6.45) is 0.836. The van der Waals surface area contributed by atoms with Crippen LogP contribution < -0.4 is 11.1 Å². The van der Waals surface area contributed by atoms with E-state index in [1.807, 2.05) is 6.07 Å². The van der Waals surface area contributed by atoms with E-state index in [0.717, 1.165) is 24.2 Å². The average molecular weight is 217 g/mol. The van der Waals surface area contributed by atoms with Crippen LogP contribution in [0.4, 0.5) is 5.69 Å². The molecule has 0 spiro atoms. The maximum atomic E-state index is 6.01. The molecule has 1 unspecified atom stereocenters. The summed E-state index contributed by atoms with van der Waals surface area (Å²) in [5.41, 5.74) is 7.89. The highest BCUT2D eigenvalue weighted by Gasteiger charge is 2.17. The largest absolute Gasteiger partial charge is 0.382 e. The Bertz CT molecular complexity index is 339. The van der Waals surface area contributed by atoms with Gasteiger partial charge in [-0.15, -0.1) is 0 Å². The van der Waals surface area contributed by atoms with Crippen LogP contribution in [0.2, 0.25) is 10.0 Å². The van der Waals surface area contributed by atoms with Gasteiger partial charge in [-0.25, -0.2) is 0 Å². The van der Waals surface area contributed by atoms with E-state index in [2.05, 4.69) is 5.32 Å². The van der Waals surface area contributed by atoms with Crippen LogP contribution in [0.15, 0.2) is 12.1 Å². The molecular weight excluding hydrogens is 207 g/mol. The van der Waals surface area contributed by atoms with Gasteiger partial charge in [0.25, 0.3) is 0 Å². The Hall–Kier alpha value is -0.440. The third-order valence-electron chi connectivity index (χ3n) is 2.16. The maximum absolute atomic E-state index is 6.01. The Morgan fingerprint density at radius 2 is 2.15 bits per heavy atom. The van der Waals surface area contributed by atoms with Gasteiger partial charge in [-0.3, -0.25) is 0 Å². The quantitative estimate of drug-likeness (QED) is 0.699. The number of hydrogen-bond acceptors (Lipinski definition) is 2. The monoisotopic (exact) mass is 216 g/mol. The summed E-state index contributed by atoms with van der Waals surface area (Å²) in [5, 5.41) is 4.53. The Balaban J connectivity index is 2.47. The highest BCUT2D eigenvalue weighted by atomic mass is 35.5. The molecule has 0 fully saturated rings. The minimum absolute atomic E-state index is 0.155. The van der Waals surface area contributed by atoms with Crippen molar-refractivity contribution in [2.45, 2.75) is 12.5 Å². The maximum Gasteiger partial charge on any atom is 0.0655 e. The highest BCUT2D eigenvalue weighted by molar-refractivity contribution is 6.36. The van der Waals surface area contributed by atoms with Gasteiger partial charge in [0.05, 0.1) is 10.7 Å². The first-order valence-corrected chi connectivity index (χ1v) is 4.90. The molecule has 3 N–H and O–H groups in total. The summed E-state index contributed by atoms with van der Waals surface area (Å²) < 4.78 is 0. The minimum Gasteiger partial charge on any atom is -0.382 e. The van der Waals surface area contributed by atoms with E-state index < -0.39 is 0 Å². The molecule has 13 heavy (non-hydrogen) atoms. The number of anilines is 1. The molecule has 4 heteroatoms. The fourth-order valence-corrected chi connectivity index (χ4v) is 2.18. The smallest absolute Gasteiger partial charge is 0.0655 e. The molecular formula is C9H10Cl2N2. The third kappa shape index (κ3) is 1.75. The number of benzene rings is 1. The van der Waals surface area contributed by atoms with Gasteiger partial charge in [-0.2, -0.15) is 0 Å². The van der Waals surface area contributed by atoms with Crippen LogP contribution in [0.25, 0.3) is 0 Å². The lowest BCUT2D eigenvalue weighted by atomic mass is 10.0. The van der Waals surface area contributed by atoms with E-state index in [4.69, 9.17) is 28.9 Å². The molecule has 1 heterocycles. The number of nitrogens with two attached hydrogens (primary N) is 1. The molecule has 0 bridgehead atoms. The number of nitrogens with one attached hydrogen (secondary N) is 1. The summed E-state index contributed by atoms with van der Waals surface area (Å²) in [4.78, 5) is 0. The molecule has 0 amide bonds. The van der Waals surface area contributed by atoms with Crippen LogP contribution in [0.5, 0.6) is 0 Å². The minimum atomic E-state index is 0.155. The number of hydrogen-bond donors (Lipinski definition) is 2. The van der Waals surface area contributed by atoms with Gasteiger partial charge in [-0.1, -0.05) is 23.2 Å². The summed E-state index contributed by atoms with van der Waals surface area (Å²) in [6.45, 7) is 0.772. The second kappa shape index (κ2) is 3.37. The van der Waals surface area contributed by atoms with E-state index >= 15 is 0 Å². The SMILES string of the molecule is NC1CNc2c(Cl)cc(Cl)cc2C1.